The maximum atomic E-state index is 5.86. The molecular weight excluding hydrogens is 184 g/mol. The standard InChI is InChI=1S/C14H26O/c1-6-7-8-15-12-9-13(2,3)11-14(4,5)10-12/h9H,6-8,10-11H2,1-5H3. The number of allylic oxidation sites excluding steroid dienone is 2. The van der Waals surface area contributed by atoms with Gasteiger partial charge in [-0.1, -0.05) is 41.0 Å². The van der Waals surface area contributed by atoms with Gasteiger partial charge in [-0.2, -0.15) is 0 Å². The summed E-state index contributed by atoms with van der Waals surface area (Å²) >= 11 is 0. The molecule has 0 aromatic heterocycles. The van der Waals surface area contributed by atoms with Crippen LogP contribution < -0.4 is 0 Å². The highest BCUT2D eigenvalue weighted by molar-refractivity contribution is 5.10. The lowest BCUT2D eigenvalue weighted by Gasteiger charge is -2.38. The Morgan fingerprint density at radius 1 is 1.27 bits per heavy atom. The highest BCUT2D eigenvalue weighted by Crippen LogP contribution is 2.44. The molecule has 0 amide bonds. The number of hydrogen-bond donors (Lipinski definition) is 0. The number of rotatable bonds is 4. The molecular formula is C14H26O. The zero-order valence-corrected chi connectivity index (χ0v) is 11.0. The Balaban J connectivity index is 2.59. The van der Waals surface area contributed by atoms with Crippen molar-refractivity contribution in [1.82, 2.24) is 0 Å². The van der Waals surface area contributed by atoms with Crippen molar-refractivity contribution in [2.45, 2.75) is 60.3 Å². The quantitative estimate of drug-likeness (QED) is 0.619. The molecule has 0 aromatic carbocycles. The Labute approximate surface area is 94.9 Å². The Hall–Kier alpha value is -0.460. The normalized spacial score (nSPS) is 23.4. The average Bonchev–Trinajstić information content (AvgIpc) is 1.98. The fourth-order valence-corrected chi connectivity index (χ4v) is 2.75. The Kier molecular flexibility index (Phi) is 3.86. The molecule has 0 aliphatic heterocycles. The Morgan fingerprint density at radius 3 is 2.47 bits per heavy atom. The highest BCUT2D eigenvalue weighted by Gasteiger charge is 2.33. The van der Waals surface area contributed by atoms with Crippen molar-refractivity contribution in [1.29, 1.82) is 0 Å². The van der Waals surface area contributed by atoms with E-state index in [0.717, 1.165) is 19.4 Å². The second-order valence-corrected chi connectivity index (χ2v) is 6.32. The summed E-state index contributed by atoms with van der Waals surface area (Å²) in [5.41, 5.74) is 0.684. The van der Waals surface area contributed by atoms with Gasteiger partial charge < -0.3 is 4.74 Å². The fraction of sp³-hybridized carbons (Fsp3) is 0.857. The first-order valence-corrected chi connectivity index (χ1v) is 6.19. The maximum Gasteiger partial charge on any atom is 0.0930 e. The molecule has 0 bridgehead atoms. The van der Waals surface area contributed by atoms with Gasteiger partial charge in [-0.25, -0.2) is 0 Å². The van der Waals surface area contributed by atoms with Crippen LogP contribution >= 0.6 is 0 Å². The lowest BCUT2D eigenvalue weighted by atomic mass is 9.69. The third kappa shape index (κ3) is 4.27. The minimum absolute atomic E-state index is 0.295. The van der Waals surface area contributed by atoms with E-state index in [2.05, 4.69) is 40.7 Å². The molecule has 0 spiro atoms. The summed E-state index contributed by atoms with van der Waals surface area (Å²) < 4.78 is 5.86. The second-order valence-electron chi connectivity index (χ2n) is 6.32. The molecule has 0 radical (unpaired) electrons. The van der Waals surface area contributed by atoms with E-state index < -0.39 is 0 Å². The lowest BCUT2D eigenvalue weighted by molar-refractivity contribution is 0.122. The third-order valence-electron chi connectivity index (χ3n) is 2.92. The first-order chi connectivity index (χ1) is 6.85. The van der Waals surface area contributed by atoms with E-state index in [1.807, 2.05) is 0 Å². The smallest absolute Gasteiger partial charge is 0.0930 e. The Bertz CT molecular complexity index is 236. The predicted molar refractivity (Wildman–Crippen MR) is 65.7 cm³/mol. The zero-order valence-electron chi connectivity index (χ0n) is 11.0. The monoisotopic (exact) mass is 210 g/mol. The van der Waals surface area contributed by atoms with Gasteiger partial charge in [-0.15, -0.1) is 0 Å². The molecule has 1 rings (SSSR count). The van der Waals surface area contributed by atoms with E-state index in [1.165, 1.54) is 18.6 Å². The summed E-state index contributed by atoms with van der Waals surface area (Å²) in [5, 5.41) is 0. The summed E-state index contributed by atoms with van der Waals surface area (Å²) in [4.78, 5) is 0. The van der Waals surface area contributed by atoms with Crippen LogP contribution in [0.3, 0.4) is 0 Å². The fourth-order valence-electron chi connectivity index (χ4n) is 2.75. The van der Waals surface area contributed by atoms with Gasteiger partial charge in [0, 0.05) is 6.42 Å². The minimum atomic E-state index is 0.295. The molecule has 0 saturated heterocycles. The van der Waals surface area contributed by atoms with Gasteiger partial charge in [0.15, 0.2) is 0 Å². The van der Waals surface area contributed by atoms with Crippen molar-refractivity contribution in [3.05, 3.63) is 11.8 Å². The van der Waals surface area contributed by atoms with Gasteiger partial charge in [-0.3, -0.25) is 0 Å². The number of unbranched alkanes of at least 4 members (excludes halogenated alkanes) is 1. The van der Waals surface area contributed by atoms with Gasteiger partial charge in [0.25, 0.3) is 0 Å². The topological polar surface area (TPSA) is 9.23 Å². The lowest BCUT2D eigenvalue weighted by Crippen LogP contribution is -2.28. The molecule has 0 fully saturated rings. The van der Waals surface area contributed by atoms with E-state index in [4.69, 9.17) is 4.74 Å². The number of hydrogen-bond acceptors (Lipinski definition) is 1. The summed E-state index contributed by atoms with van der Waals surface area (Å²) in [6.07, 6.45) is 7.05. The molecule has 0 unspecified atom stereocenters. The molecule has 0 atom stereocenters. The van der Waals surface area contributed by atoms with Crippen LogP contribution in [0, 0.1) is 10.8 Å². The van der Waals surface area contributed by atoms with Gasteiger partial charge in [-0.05, 0) is 29.7 Å². The van der Waals surface area contributed by atoms with Crippen LogP contribution in [0.2, 0.25) is 0 Å². The molecule has 0 saturated carbocycles. The van der Waals surface area contributed by atoms with Crippen LogP contribution in [0.5, 0.6) is 0 Å². The maximum absolute atomic E-state index is 5.86. The van der Waals surface area contributed by atoms with Crippen LogP contribution in [0.4, 0.5) is 0 Å². The summed E-state index contributed by atoms with van der Waals surface area (Å²) in [7, 11) is 0. The second kappa shape index (κ2) is 4.59. The van der Waals surface area contributed by atoms with Gasteiger partial charge >= 0.3 is 0 Å². The van der Waals surface area contributed by atoms with Crippen LogP contribution in [-0.2, 0) is 4.74 Å². The third-order valence-corrected chi connectivity index (χ3v) is 2.92. The van der Waals surface area contributed by atoms with Crippen molar-refractivity contribution in [3.8, 4) is 0 Å². The first-order valence-electron chi connectivity index (χ1n) is 6.19. The molecule has 1 nitrogen and oxygen atoms in total. The van der Waals surface area contributed by atoms with Crippen LogP contribution in [0.1, 0.15) is 60.3 Å². The molecule has 0 N–H and O–H groups in total. The van der Waals surface area contributed by atoms with Gasteiger partial charge in [0.2, 0.25) is 0 Å². The molecule has 1 aliphatic carbocycles. The molecule has 1 heteroatoms. The predicted octanol–water partition coefficient (Wildman–Crippen LogP) is 4.53. The van der Waals surface area contributed by atoms with Crippen molar-refractivity contribution in [3.63, 3.8) is 0 Å². The van der Waals surface area contributed by atoms with Crippen molar-refractivity contribution >= 4 is 0 Å². The van der Waals surface area contributed by atoms with Gasteiger partial charge in [0.05, 0.1) is 12.4 Å². The van der Waals surface area contributed by atoms with E-state index >= 15 is 0 Å². The summed E-state index contributed by atoms with van der Waals surface area (Å²) in [6.45, 7) is 12.4. The van der Waals surface area contributed by atoms with E-state index in [-0.39, 0.29) is 0 Å². The van der Waals surface area contributed by atoms with Crippen molar-refractivity contribution < 1.29 is 4.74 Å². The number of ether oxygens (including phenoxy) is 1. The van der Waals surface area contributed by atoms with Crippen LogP contribution in [-0.4, -0.2) is 6.61 Å². The van der Waals surface area contributed by atoms with E-state index in [0.29, 0.717) is 10.8 Å². The van der Waals surface area contributed by atoms with Crippen LogP contribution in [0.25, 0.3) is 0 Å². The first kappa shape index (κ1) is 12.6. The highest BCUT2D eigenvalue weighted by atomic mass is 16.5. The molecule has 0 heterocycles. The minimum Gasteiger partial charge on any atom is -0.498 e. The molecule has 15 heavy (non-hydrogen) atoms. The largest absolute Gasteiger partial charge is 0.498 e. The van der Waals surface area contributed by atoms with E-state index in [9.17, 15) is 0 Å². The van der Waals surface area contributed by atoms with Crippen molar-refractivity contribution in [2.24, 2.45) is 10.8 Å². The molecule has 1 aliphatic rings. The molecule has 88 valence electrons. The summed E-state index contributed by atoms with van der Waals surface area (Å²) in [6, 6.07) is 0. The SMILES string of the molecule is CCCCOC1=CC(C)(C)CC(C)(C)C1. The van der Waals surface area contributed by atoms with Crippen molar-refractivity contribution in [2.75, 3.05) is 6.61 Å². The zero-order chi connectivity index (χ0) is 11.5. The van der Waals surface area contributed by atoms with Gasteiger partial charge in [0.1, 0.15) is 0 Å². The Morgan fingerprint density at radius 2 is 1.93 bits per heavy atom. The summed E-state index contributed by atoms with van der Waals surface area (Å²) in [5.74, 6) is 1.21. The molecule has 0 aromatic rings. The average molecular weight is 210 g/mol. The van der Waals surface area contributed by atoms with Crippen LogP contribution in [0.15, 0.2) is 11.8 Å². The van der Waals surface area contributed by atoms with E-state index in [1.54, 1.807) is 0 Å².